The van der Waals surface area contributed by atoms with Crippen LogP contribution in [0.15, 0.2) is 18.2 Å². The van der Waals surface area contributed by atoms with E-state index in [0.29, 0.717) is 19.0 Å². The monoisotopic (exact) mass is 346 g/mol. The van der Waals surface area contributed by atoms with Crippen molar-refractivity contribution in [2.75, 3.05) is 23.3 Å². The quantitative estimate of drug-likeness (QED) is 0.759. The van der Waals surface area contributed by atoms with Crippen LogP contribution in [-0.2, 0) is 16.0 Å². The Morgan fingerprint density at radius 1 is 1.20 bits per heavy atom. The first-order valence-corrected chi connectivity index (χ1v) is 8.54. The summed E-state index contributed by atoms with van der Waals surface area (Å²) in [5.74, 6) is -0.0517. The molecule has 0 fully saturated rings. The number of carbonyl (C=O) groups excluding carboxylic acids is 3. The Kier molecular flexibility index (Phi) is 6.01. The van der Waals surface area contributed by atoms with E-state index in [2.05, 4.69) is 16.0 Å². The Morgan fingerprint density at radius 2 is 1.92 bits per heavy atom. The minimum absolute atomic E-state index is 0.0274. The van der Waals surface area contributed by atoms with Gasteiger partial charge in [0.1, 0.15) is 6.04 Å². The van der Waals surface area contributed by atoms with Crippen LogP contribution in [-0.4, -0.2) is 37.0 Å². The molecule has 0 aromatic heterocycles. The molecule has 7 heteroatoms. The van der Waals surface area contributed by atoms with E-state index in [9.17, 15) is 14.4 Å². The number of urea groups is 1. The smallest absolute Gasteiger partial charge is 0.321 e. The molecule has 1 unspecified atom stereocenters. The van der Waals surface area contributed by atoms with Gasteiger partial charge in [0.25, 0.3) is 0 Å². The van der Waals surface area contributed by atoms with Gasteiger partial charge in [-0.25, -0.2) is 4.79 Å². The zero-order valence-corrected chi connectivity index (χ0v) is 15.2. The first-order chi connectivity index (χ1) is 11.8. The molecular weight excluding hydrogens is 320 g/mol. The third kappa shape index (κ3) is 4.95. The number of amides is 4. The summed E-state index contributed by atoms with van der Waals surface area (Å²) in [6.45, 7) is 8.40. The van der Waals surface area contributed by atoms with E-state index in [1.165, 1.54) is 0 Å². The molecule has 0 saturated heterocycles. The van der Waals surface area contributed by atoms with E-state index in [1.54, 1.807) is 18.7 Å². The van der Waals surface area contributed by atoms with Gasteiger partial charge >= 0.3 is 6.03 Å². The summed E-state index contributed by atoms with van der Waals surface area (Å²) in [4.78, 5) is 37.1. The lowest BCUT2D eigenvalue weighted by Gasteiger charge is -2.17. The minimum atomic E-state index is -0.562. The summed E-state index contributed by atoms with van der Waals surface area (Å²) >= 11 is 0. The van der Waals surface area contributed by atoms with Crippen LogP contribution in [0.5, 0.6) is 0 Å². The van der Waals surface area contributed by atoms with E-state index < -0.39 is 18.0 Å². The highest BCUT2D eigenvalue weighted by atomic mass is 16.2. The van der Waals surface area contributed by atoms with Crippen molar-refractivity contribution in [3.8, 4) is 0 Å². The van der Waals surface area contributed by atoms with Gasteiger partial charge < -0.3 is 15.5 Å². The zero-order valence-electron chi connectivity index (χ0n) is 15.2. The third-order valence-corrected chi connectivity index (χ3v) is 4.04. The number of fused-ring (bicyclic) bond motifs is 1. The second-order valence-corrected chi connectivity index (χ2v) is 6.72. The van der Waals surface area contributed by atoms with Gasteiger partial charge in [-0.1, -0.05) is 13.8 Å². The fourth-order valence-electron chi connectivity index (χ4n) is 2.70. The van der Waals surface area contributed by atoms with Crippen molar-refractivity contribution in [2.24, 2.45) is 5.92 Å². The summed E-state index contributed by atoms with van der Waals surface area (Å²) in [6, 6.07) is 4.61. The number of nitrogens with one attached hydrogen (secondary N) is 3. The zero-order chi connectivity index (χ0) is 18.6. The first-order valence-electron chi connectivity index (χ1n) is 8.54. The number of anilines is 2. The summed E-state index contributed by atoms with van der Waals surface area (Å²) < 4.78 is 0. The molecule has 0 saturated carbocycles. The van der Waals surface area contributed by atoms with Gasteiger partial charge in [0.05, 0.1) is 0 Å². The van der Waals surface area contributed by atoms with Crippen LogP contribution in [0, 0.1) is 5.92 Å². The highest BCUT2D eigenvalue weighted by molar-refractivity contribution is 5.98. The Morgan fingerprint density at radius 3 is 2.56 bits per heavy atom. The minimum Gasteiger partial charge on any atom is -0.374 e. The molecule has 1 aromatic rings. The molecular formula is C18H26N4O3. The van der Waals surface area contributed by atoms with Crippen molar-refractivity contribution in [3.63, 3.8) is 0 Å². The van der Waals surface area contributed by atoms with Crippen LogP contribution in [0.1, 0.15) is 33.3 Å². The second kappa shape index (κ2) is 8.00. The van der Waals surface area contributed by atoms with Gasteiger partial charge in [-0.3, -0.25) is 14.9 Å². The molecule has 0 aliphatic carbocycles. The van der Waals surface area contributed by atoms with Crippen molar-refractivity contribution in [2.45, 2.75) is 40.2 Å². The fourth-order valence-corrected chi connectivity index (χ4v) is 2.70. The lowest BCUT2D eigenvalue weighted by Crippen LogP contribution is -2.46. The number of hydrogen-bond acceptors (Lipinski definition) is 4. The summed E-state index contributed by atoms with van der Waals surface area (Å²) in [6.07, 6.45) is 0.794. The van der Waals surface area contributed by atoms with Crippen LogP contribution < -0.4 is 20.9 Å². The Labute approximate surface area is 148 Å². The van der Waals surface area contributed by atoms with Crippen molar-refractivity contribution < 1.29 is 14.4 Å². The molecule has 0 spiro atoms. The summed E-state index contributed by atoms with van der Waals surface area (Å²) in [7, 11) is 0. The predicted octanol–water partition coefficient (Wildman–Crippen LogP) is 1.88. The van der Waals surface area contributed by atoms with Gasteiger partial charge in [0.2, 0.25) is 11.8 Å². The highest BCUT2D eigenvalue weighted by Gasteiger charge is 2.23. The number of benzene rings is 1. The highest BCUT2D eigenvalue weighted by Crippen LogP contribution is 2.30. The SMILES string of the molecule is CC(=O)N1CCc2cc(NC(C)C(=O)NC(=O)NCC(C)C)ccc21. The molecule has 3 N–H and O–H groups in total. The number of imide groups is 1. The fraction of sp³-hybridized carbons (Fsp3) is 0.500. The van der Waals surface area contributed by atoms with Crippen molar-refractivity contribution in [1.29, 1.82) is 0 Å². The van der Waals surface area contributed by atoms with Crippen LogP contribution in [0.25, 0.3) is 0 Å². The lowest BCUT2D eigenvalue weighted by molar-refractivity contribution is -0.120. The maximum atomic E-state index is 12.1. The average Bonchev–Trinajstić information content (AvgIpc) is 2.96. The van der Waals surface area contributed by atoms with Crippen LogP contribution in [0.3, 0.4) is 0 Å². The van der Waals surface area contributed by atoms with Gasteiger partial charge in [-0.15, -0.1) is 0 Å². The summed E-state index contributed by atoms with van der Waals surface area (Å²) in [5.41, 5.74) is 2.78. The molecule has 1 atom stereocenters. The molecule has 1 aliphatic rings. The predicted molar refractivity (Wildman–Crippen MR) is 97.6 cm³/mol. The standard InChI is InChI=1S/C18H26N4O3/c1-11(2)10-19-18(25)21-17(24)12(3)20-15-5-6-16-14(9-15)7-8-22(16)13(4)23/h5-6,9,11-12,20H,7-8,10H2,1-4H3,(H2,19,21,24,25). The molecule has 0 radical (unpaired) electrons. The lowest BCUT2D eigenvalue weighted by atomic mass is 10.1. The maximum Gasteiger partial charge on any atom is 0.321 e. The van der Waals surface area contributed by atoms with Crippen molar-refractivity contribution in [3.05, 3.63) is 23.8 Å². The van der Waals surface area contributed by atoms with Crippen molar-refractivity contribution in [1.82, 2.24) is 10.6 Å². The van der Waals surface area contributed by atoms with Crippen LogP contribution in [0.4, 0.5) is 16.2 Å². The van der Waals surface area contributed by atoms with E-state index in [-0.39, 0.29) is 5.91 Å². The normalized spacial score (nSPS) is 14.0. The van der Waals surface area contributed by atoms with Gasteiger partial charge in [-0.05, 0) is 43.0 Å². The third-order valence-electron chi connectivity index (χ3n) is 4.04. The number of rotatable bonds is 5. The van der Waals surface area contributed by atoms with E-state index >= 15 is 0 Å². The topological polar surface area (TPSA) is 90.5 Å². The first kappa shape index (κ1) is 18.8. The summed E-state index contributed by atoms with van der Waals surface area (Å²) in [5, 5.41) is 8.06. The average molecular weight is 346 g/mol. The molecule has 136 valence electrons. The number of carbonyl (C=O) groups is 3. The molecule has 25 heavy (non-hydrogen) atoms. The van der Waals surface area contributed by atoms with Gasteiger partial charge in [0.15, 0.2) is 0 Å². The molecule has 2 rings (SSSR count). The molecule has 4 amide bonds. The van der Waals surface area contributed by atoms with Gasteiger partial charge in [0, 0.05) is 31.4 Å². The Bertz CT molecular complexity index is 672. The van der Waals surface area contributed by atoms with Crippen LogP contribution in [0.2, 0.25) is 0 Å². The van der Waals surface area contributed by atoms with E-state index in [1.807, 2.05) is 32.0 Å². The Balaban J connectivity index is 1.92. The van der Waals surface area contributed by atoms with E-state index in [4.69, 9.17) is 0 Å². The Hall–Kier alpha value is -2.57. The molecule has 1 aromatic carbocycles. The second-order valence-electron chi connectivity index (χ2n) is 6.72. The largest absolute Gasteiger partial charge is 0.374 e. The molecule has 7 nitrogen and oxygen atoms in total. The number of hydrogen-bond donors (Lipinski definition) is 3. The molecule has 1 aliphatic heterocycles. The maximum absolute atomic E-state index is 12.1. The molecule has 1 heterocycles. The number of nitrogens with zero attached hydrogens (tertiary/aromatic N) is 1. The van der Waals surface area contributed by atoms with Crippen molar-refractivity contribution >= 4 is 29.2 Å². The van der Waals surface area contributed by atoms with Gasteiger partial charge in [-0.2, -0.15) is 0 Å². The molecule has 0 bridgehead atoms. The van der Waals surface area contributed by atoms with Crippen LogP contribution >= 0.6 is 0 Å². The van der Waals surface area contributed by atoms with E-state index in [0.717, 1.165) is 23.4 Å².